The van der Waals surface area contributed by atoms with Crippen LogP contribution in [0.1, 0.15) is 51.4 Å². The Kier molecular flexibility index (Phi) is 11.9. The van der Waals surface area contributed by atoms with Gasteiger partial charge < -0.3 is 30.6 Å². The normalized spacial score (nSPS) is 29.4. The topological polar surface area (TPSA) is 190 Å². The van der Waals surface area contributed by atoms with Crippen molar-refractivity contribution in [3.8, 4) is 0 Å². The van der Waals surface area contributed by atoms with Crippen molar-refractivity contribution in [2.75, 3.05) is 13.2 Å². The molecule has 10 heteroatoms. The molecule has 182 valence electrons. The minimum absolute atomic E-state index is 0.0628. The number of aliphatic hydroxyl groups excluding tert-OH is 2. The summed E-state index contributed by atoms with van der Waals surface area (Å²) in [7, 11) is 0. The lowest BCUT2D eigenvalue weighted by molar-refractivity contribution is -0.139. The molecule has 3 fully saturated rings. The maximum atomic E-state index is 9.90. The van der Waals surface area contributed by atoms with E-state index in [9.17, 15) is 29.4 Å². The number of unbranched alkanes of at least 4 members (excludes halogenated alkanes) is 1. The number of fused-ring (bicyclic) bond motifs is 5. The van der Waals surface area contributed by atoms with Crippen LogP contribution in [-0.4, -0.2) is 67.7 Å². The molecule has 6 atom stereocenters. The lowest BCUT2D eigenvalue weighted by Gasteiger charge is -2.32. The van der Waals surface area contributed by atoms with E-state index in [-0.39, 0.29) is 12.8 Å². The molecule has 10 nitrogen and oxygen atoms in total. The van der Waals surface area contributed by atoms with Gasteiger partial charge in [-0.1, -0.05) is 0 Å². The van der Waals surface area contributed by atoms with Gasteiger partial charge in [-0.2, -0.15) is 0 Å². The number of hydrogen-bond donors (Lipinski definition) is 6. The first-order valence-electron chi connectivity index (χ1n) is 10.9. The molecule has 2 bridgehead atoms. The Morgan fingerprint density at radius 2 is 1.19 bits per heavy atom. The highest BCUT2D eigenvalue weighted by molar-refractivity contribution is 5.89. The first kappa shape index (κ1) is 27.6. The van der Waals surface area contributed by atoms with Gasteiger partial charge in [0.2, 0.25) is 0 Å². The van der Waals surface area contributed by atoms with Gasteiger partial charge in [0.05, 0.1) is 0 Å². The summed E-state index contributed by atoms with van der Waals surface area (Å²) in [5, 5.41) is 50.5. The maximum Gasteiger partial charge on any atom is 0.328 e. The van der Waals surface area contributed by atoms with Crippen molar-refractivity contribution < 1.29 is 49.8 Å². The molecule has 0 amide bonds. The van der Waals surface area contributed by atoms with Crippen LogP contribution >= 0.6 is 0 Å². The molecule has 3 aliphatic carbocycles. The molecule has 6 N–H and O–H groups in total. The summed E-state index contributed by atoms with van der Waals surface area (Å²) in [6.07, 6.45) is 7.26. The van der Waals surface area contributed by atoms with E-state index in [0.717, 1.165) is 23.7 Å². The Labute approximate surface area is 186 Å². The number of carboxylic acid groups (broad SMARTS) is 4. The zero-order valence-corrected chi connectivity index (χ0v) is 18.0. The molecular weight excluding hydrogens is 424 g/mol. The third kappa shape index (κ3) is 8.96. The summed E-state index contributed by atoms with van der Waals surface area (Å²) >= 11 is 0. The lowest BCUT2D eigenvalue weighted by atomic mass is 9.74. The Morgan fingerprint density at radius 3 is 1.59 bits per heavy atom. The van der Waals surface area contributed by atoms with Gasteiger partial charge in [0.25, 0.3) is 0 Å². The van der Waals surface area contributed by atoms with Crippen molar-refractivity contribution >= 4 is 23.9 Å². The van der Waals surface area contributed by atoms with Gasteiger partial charge in [0, 0.05) is 38.2 Å². The quantitative estimate of drug-likeness (QED) is 0.219. The van der Waals surface area contributed by atoms with Crippen LogP contribution in [0.2, 0.25) is 0 Å². The summed E-state index contributed by atoms with van der Waals surface area (Å²) < 4.78 is 0. The van der Waals surface area contributed by atoms with Crippen molar-refractivity contribution in [1.82, 2.24) is 0 Å². The van der Waals surface area contributed by atoms with Gasteiger partial charge in [-0.25, -0.2) is 9.59 Å². The molecule has 0 heterocycles. The molecule has 3 saturated carbocycles. The van der Waals surface area contributed by atoms with Gasteiger partial charge in [-0.05, 0) is 74.0 Å². The molecule has 32 heavy (non-hydrogen) atoms. The third-order valence-electron chi connectivity index (χ3n) is 6.66. The monoisotopic (exact) mass is 458 g/mol. The van der Waals surface area contributed by atoms with E-state index < -0.39 is 23.9 Å². The predicted octanol–water partition coefficient (Wildman–Crippen LogP) is 1.70. The molecule has 0 saturated heterocycles. The van der Waals surface area contributed by atoms with Gasteiger partial charge in [-0.15, -0.1) is 0 Å². The van der Waals surface area contributed by atoms with Crippen LogP contribution in [0.25, 0.3) is 0 Å². The summed E-state index contributed by atoms with van der Waals surface area (Å²) in [6.45, 7) is 0.794. The molecule has 3 rings (SSSR count). The predicted molar refractivity (Wildman–Crippen MR) is 112 cm³/mol. The van der Waals surface area contributed by atoms with Crippen molar-refractivity contribution in [3.05, 3.63) is 12.2 Å². The van der Waals surface area contributed by atoms with Crippen molar-refractivity contribution in [1.29, 1.82) is 0 Å². The molecule has 0 aliphatic heterocycles. The average molecular weight is 459 g/mol. The van der Waals surface area contributed by atoms with Gasteiger partial charge in [-0.3, -0.25) is 9.59 Å². The highest BCUT2D eigenvalue weighted by Gasteiger charge is 2.56. The highest BCUT2D eigenvalue weighted by atomic mass is 16.4. The molecule has 6 unspecified atom stereocenters. The molecule has 3 aliphatic rings. The Bertz CT molecular complexity index is 640. The van der Waals surface area contributed by atoms with Crippen LogP contribution < -0.4 is 0 Å². The molecule has 0 aromatic rings. The second kappa shape index (κ2) is 13.8. The zero-order valence-electron chi connectivity index (χ0n) is 18.0. The van der Waals surface area contributed by atoms with Gasteiger partial charge in [0.15, 0.2) is 0 Å². The second-order valence-electron chi connectivity index (χ2n) is 8.60. The Hall–Kier alpha value is -2.46. The SMILES string of the molecule is O=C(O)/C=C/C(=O)O.O=C(O)CCCCC(=O)O.OCC1CC2CC1C1CCC(CO)C21. The minimum Gasteiger partial charge on any atom is -0.481 e. The summed E-state index contributed by atoms with van der Waals surface area (Å²) in [4.78, 5) is 38.9. The molecular formula is C22H34O10. The van der Waals surface area contributed by atoms with Crippen LogP contribution in [0.15, 0.2) is 12.2 Å². The van der Waals surface area contributed by atoms with Crippen LogP contribution in [0, 0.1) is 35.5 Å². The first-order chi connectivity index (χ1) is 15.1. The molecule has 0 aromatic heterocycles. The van der Waals surface area contributed by atoms with E-state index in [1.807, 2.05) is 0 Å². The standard InChI is InChI=1S/C12H20O2.C6H10O4.C4H4O4/c13-5-7-1-2-10-11-4-8(12(7)10)3-9(11)6-14;7-5(8)3-1-2-4-6(9)10;5-3(6)1-2-4(7)8/h7-14H,1-6H2;1-4H2,(H,7,8)(H,9,10);1-2H,(H,5,6)(H,7,8)/b;;2-1+. The van der Waals surface area contributed by atoms with Crippen molar-refractivity contribution in [3.63, 3.8) is 0 Å². The fourth-order valence-electron chi connectivity index (χ4n) is 5.53. The first-order valence-corrected chi connectivity index (χ1v) is 10.9. The van der Waals surface area contributed by atoms with E-state index in [4.69, 9.17) is 20.4 Å². The summed E-state index contributed by atoms with van der Waals surface area (Å²) in [5.74, 6) is 0.230. The van der Waals surface area contributed by atoms with Gasteiger partial charge in [0.1, 0.15) is 0 Å². The average Bonchev–Trinajstić information content (AvgIpc) is 3.42. The van der Waals surface area contributed by atoms with E-state index in [2.05, 4.69) is 0 Å². The lowest BCUT2D eigenvalue weighted by Crippen LogP contribution is -2.30. The smallest absolute Gasteiger partial charge is 0.328 e. The van der Waals surface area contributed by atoms with E-state index in [1.165, 1.54) is 25.7 Å². The number of aliphatic hydroxyl groups is 2. The van der Waals surface area contributed by atoms with E-state index >= 15 is 0 Å². The number of carbonyl (C=O) groups is 4. The maximum absolute atomic E-state index is 9.90. The van der Waals surface area contributed by atoms with Crippen molar-refractivity contribution in [2.45, 2.75) is 51.4 Å². The minimum atomic E-state index is -1.26. The van der Waals surface area contributed by atoms with Crippen LogP contribution in [0.5, 0.6) is 0 Å². The second-order valence-corrected chi connectivity index (χ2v) is 8.60. The number of rotatable bonds is 9. The van der Waals surface area contributed by atoms with Crippen LogP contribution in [-0.2, 0) is 19.2 Å². The van der Waals surface area contributed by atoms with E-state index in [0.29, 0.717) is 50.0 Å². The highest BCUT2D eigenvalue weighted by Crippen LogP contribution is 2.62. The van der Waals surface area contributed by atoms with E-state index in [1.54, 1.807) is 0 Å². The number of aliphatic carboxylic acids is 4. The largest absolute Gasteiger partial charge is 0.481 e. The molecule has 0 aromatic carbocycles. The summed E-state index contributed by atoms with van der Waals surface area (Å²) in [6, 6.07) is 0. The Morgan fingerprint density at radius 1 is 0.688 bits per heavy atom. The molecule has 0 radical (unpaired) electrons. The fraction of sp³-hybridized carbons (Fsp3) is 0.727. The molecule has 0 spiro atoms. The van der Waals surface area contributed by atoms with Crippen LogP contribution in [0.3, 0.4) is 0 Å². The number of hydrogen-bond acceptors (Lipinski definition) is 6. The van der Waals surface area contributed by atoms with Crippen molar-refractivity contribution in [2.24, 2.45) is 35.5 Å². The van der Waals surface area contributed by atoms with Gasteiger partial charge >= 0.3 is 23.9 Å². The van der Waals surface area contributed by atoms with Crippen LogP contribution in [0.4, 0.5) is 0 Å². The fourth-order valence-corrected chi connectivity index (χ4v) is 5.53. The number of carboxylic acids is 4. The third-order valence-corrected chi connectivity index (χ3v) is 6.66. The zero-order chi connectivity index (χ0) is 24.3. The summed E-state index contributed by atoms with van der Waals surface area (Å²) in [5.41, 5.74) is 0. The Balaban J connectivity index is 0.000000254.